The Balaban J connectivity index is 1.67. The fourth-order valence-electron chi connectivity index (χ4n) is 2.85. The second kappa shape index (κ2) is 8.53. The smallest absolute Gasteiger partial charge is 0.255 e. The van der Waals surface area contributed by atoms with E-state index in [2.05, 4.69) is 10.2 Å². The Hall–Kier alpha value is -2.72. The average Bonchev–Trinajstić information content (AvgIpc) is 2.69. The van der Waals surface area contributed by atoms with Crippen LogP contribution >= 0.6 is 0 Å². The number of ether oxygens (including phenoxy) is 2. The number of carbonyl (C=O) groups excluding carboxylic acids is 1. The van der Waals surface area contributed by atoms with Crippen molar-refractivity contribution in [1.82, 2.24) is 14.5 Å². The molecule has 1 aromatic carbocycles. The number of amides is 1. The van der Waals surface area contributed by atoms with Gasteiger partial charge >= 0.3 is 0 Å². The van der Waals surface area contributed by atoms with Crippen LogP contribution in [0.15, 0.2) is 41.3 Å². The lowest BCUT2D eigenvalue weighted by molar-refractivity contribution is -0.119. The quantitative estimate of drug-likeness (QED) is 0.723. The zero-order valence-electron chi connectivity index (χ0n) is 15.4. The number of rotatable bonds is 7. The molecule has 28 heavy (non-hydrogen) atoms. The van der Waals surface area contributed by atoms with Gasteiger partial charge in [-0.3, -0.25) is 4.79 Å². The molecule has 0 saturated carbocycles. The predicted octanol–water partition coefficient (Wildman–Crippen LogP) is 0.881. The standard InChI is InChI=1S/C18H22N4O5S/c1-13-4-9-18(21-20-13)27-15-3-2-10-22(11-15)28(24,25)16-7-5-14(6-8-16)26-12-17(19)23/h4-9,15H,2-3,10-12H2,1H3,(H2,19,23). The van der Waals surface area contributed by atoms with Crippen LogP contribution in [0.1, 0.15) is 18.5 Å². The molecule has 0 bridgehead atoms. The molecule has 1 aliphatic rings. The molecule has 1 amide bonds. The van der Waals surface area contributed by atoms with Crippen molar-refractivity contribution in [3.05, 3.63) is 42.1 Å². The number of benzene rings is 1. The van der Waals surface area contributed by atoms with E-state index >= 15 is 0 Å². The van der Waals surface area contributed by atoms with Crippen LogP contribution in [0.25, 0.3) is 0 Å². The number of sulfonamides is 1. The molecule has 1 unspecified atom stereocenters. The number of aryl methyl sites for hydroxylation is 1. The molecule has 3 rings (SSSR count). The Labute approximate surface area is 163 Å². The highest BCUT2D eigenvalue weighted by Crippen LogP contribution is 2.24. The maximum Gasteiger partial charge on any atom is 0.255 e. The van der Waals surface area contributed by atoms with Crippen LogP contribution in [-0.2, 0) is 14.8 Å². The minimum Gasteiger partial charge on any atom is -0.484 e. The Kier molecular flexibility index (Phi) is 6.10. The third kappa shape index (κ3) is 4.96. The first-order valence-electron chi connectivity index (χ1n) is 8.83. The highest BCUT2D eigenvalue weighted by Gasteiger charge is 2.31. The largest absolute Gasteiger partial charge is 0.484 e. The molecule has 9 nitrogen and oxygen atoms in total. The van der Waals surface area contributed by atoms with Crippen LogP contribution in [0.4, 0.5) is 0 Å². The second-order valence-corrected chi connectivity index (χ2v) is 8.42. The molecule has 2 heterocycles. The lowest BCUT2D eigenvalue weighted by atomic mass is 10.1. The molecule has 2 N–H and O–H groups in total. The summed E-state index contributed by atoms with van der Waals surface area (Å²) in [6.07, 6.45) is 1.13. The molecule has 150 valence electrons. The lowest BCUT2D eigenvalue weighted by Gasteiger charge is -2.31. The van der Waals surface area contributed by atoms with E-state index in [1.54, 1.807) is 12.1 Å². The van der Waals surface area contributed by atoms with Crippen LogP contribution in [0.2, 0.25) is 0 Å². The molecule has 1 fully saturated rings. The molecule has 1 atom stereocenters. The van der Waals surface area contributed by atoms with Crippen molar-refractivity contribution in [3.63, 3.8) is 0 Å². The summed E-state index contributed by atoms with van der Waals surface area (Å²) >= 11 is 0. The molecule has 0 radical (unpaired) electrons. The highest BCUT2D eigenvalue weighted by atomic mass is 32.2. The Morgan fingerprint density at radius 1 is 1.21 bits per heavy atom. The summed E-state index contributed by atoms with van der Waals surface area (Å²) in [5, 5.41) is 7.92. The van der Waals surface area contributed by atoms with Crippen molar-refractivity contribution in [2.75, 3.05) is 19.7 Å². The average molecular weight is 406 g/mol. The molecular formula is C18H22N4O5S. The van der Waals surface area contributed by atoms with E-state index < -0.39 is 15.9 Å². The van der Waals surface area contributed by atoms with Crippen molar-refractivity contribution in [3.8, 4) is 11.6 Å². The van der Waals surface area contributed by atoms with Crippen molar-refractivity contribution in [2.45, 2.75) is 30.8 Å². The molecular weight excluding hydrogens is 384 g/mol. The maximum absolute atomic E-state index is 12.9. The van der Waals surface area contributed by atoms with Gasteiger partial charge in [0.1, 0.15) is 11.9 Å². The summed E-state index contributed by atoms with van der Waals surface area (Å²) in [4.78, 5) is 10.9. The van der Waals surface area contributed by atoms with Gasteiger partial charge in [0, 0.05) is 12.6 Å². The van der Waals surface area contributed by atoms with Crippen LogP contribution in [0.3, 0.4) is 0 Å². The number of nitrogens with zero attached hydrogens (tertiary/aromatic N) is 3. The molecule has 1 aromatic heterocycles. The van der Waals surface area contributed by atoms with Gasteiger partial charge in [-0.05, 0) is 50.1 Å². The van der Waals surface area contributed by atoms with Gasteiger partial charge in [-0.25, -0.2) is 8.42 Å². The Morgan fingerprint density at radius 3 is 2.61 bits per heavy atom. The number of aromatic nitrogens is 2. The van der Waals surface area contributed by atoms with Crippen LogP contribution in [0, 0.1) is 6.92 Å². The van der Waals surface area contributed by atoms with E-state index in [1.165, 1.54) is 28.6 Å². The monoisotopic (exact) mass is 406 g/mol. The lowest BCUT2D eigenvalue weighted by Crippen LogP contribution is -2.44. The molecule has 0 spiro atoms. The number of nitrogens with two attached hydrogens (primary N) is 1. The fourth-order valence-corrected chi connectivity index (χ4v) is 4.36. The maximum atomic E-state index is 12.9. The van der Waals surface area contributed by atoms with Crippen molar-refractivity contribution in [2.24, 2.45) is 5.73 Å². The third-order valence-corrected chi connectivity index (χ3v) is 6.12. The summed E-state index contributed by atoms with van der Waals surface area (Å²) in [5.41, 5.74) is 5.81. The first-order valence-corrected chi connectivity index (χ1v) is 10.3. The summed E-state index contributed by atoms with van der Waals surface area (Å²) in [6.45, 7) is 2.22. The summed E-state index contributed by atoms with van der Waals surface area (Å²) in [6, 6.07) is 9.40. The van der Waals surface area contributed by atoms with Crippen LogP contribution < -0.4 is 15.2 Å². The second-order valence-electron chi connectivity index (χ2n) is 6.48. The molecule has 1 aliphatic heterocycles. The first kappa shape index (κ1) is 20.0. The highest BCUT2D eigenvalue weighted by molar-refractivity contribution is 7.89. The Bertz CT molecular complexity index is 916. The van der Waals surface area contributed by atoms with Crippen molar-refractivity contribution < 1.29 is 22.7 Å². The van der Waals surface area contributed by atoms with Gasteiger partial charge in [-0.15, -0.1) is 5.10 Å². The first-order chi connectivity index (χ1) is 13.3. The normalized spacial score (nSPS) is 17.8. The fraction of sp³-hybridized carbons (Fsp3) is 0.389. The van der Waals surface area contributed by atoms with Crippen molar-refractivity contribution in [1.29, 1.82) is 0 Å². The molecule has 0 aliphatic carbocycles. The molecule has 2 aromatic rings. The zero-order chi connectivity index (χ0) is 20.1. The summed E-state index contributed by atoms with van der Waals surface area (Å²) in [5.74, 6) is 0.149. The molecule has 10 heteroatoms. The van der Waals surface area contributed by atoms with E-state index in [9.17, 15) is 13.2 Å². The van der Waals surface area contributed by atoms with Crippen LogP contribution in [0.5, 0.6) is 11.6 Å². The predicted molar refractivity (Wildman–Crippen MR) is 100 cm³/mol. The number of primary amides is 1. The van der Waals surface area contributed by atoms with Crippen molar-refractivity contribution >= 4 is 15.9 Å². The number of hydrogen-bond donors (Lipinski definition) is 1. The zero-order valence-corrected chi connectivity index (χ0v) is 16.3. The van der Waals surface area contributed by atoms with E-state index in [-0.39, 0.29) is 24.2 Å². The topological polar surface area (TPSA) is 125 Å². The van der Waals surface area contributed by atoms with E-state index in [4.69, 9.17) is 15.2 Å². The van der Waals surface area contributed by atoms with Crippen LogP contribution in [-0.4, -0.2) is 54.6 Å². The third-order valence-electron chi connectivity index (χ3n) is 4.24. The van der Waals surface area contributed by atoms with Gasteiger partial charge in [-0.2, -0.15) is 9.40 Å². The SMILES string of the molecule is Cc1ccc(OC2CCCN(S(=O)(=O)c3ccc(OCC(N)=O)cc3)C2)nn1. The van der Waals surface area contributed by atoms with Gasteiger partial charge in [0.2, 0.25) is 15.9 Å². The minimum absolute atomic E-state index is 0.148. The van der Waals surface area contributed by atoms with Gasteiger partial charge in [0.05, 0.1) is 17.1 Å². The summed E-state index contributed by atoms with van der Waals surface area (Å²) in [7, 11) is -3.67. The van der Waals surface area contributed by atoms with Gasteiger partial charge in [0.15, 0.2) is 6.61 Å². The van der Waals surface area contributed by atoms with E-state index in [1.807, 2.05) is 6.92 Å². The van der Waals surface area contributed by atoms with Gasteiger partial charge < -0.3 is 15.2 Å². The van der Waals surface area contributed by atoms with E-state index in [0.29, 0.717) is 24.6 Å². The Morgan fingerprint density at radius 2 is 1.96 bits per heavy atom. The molecule has 1 saturated heterocycles. The number of hydrogen-bond acceptors (Lipinski definition) is 7. The summed E-state index contributed by atoms with van der Waals surface area (Å²) < 4.78 is 38.2. The van der Waals surface area contributed by atoms with E-state index in [0.717, 1.165) is 12.1 Å². The van der Waals surface area contributed by atoms with Gasteiger partial charge in [0.25, 0.3) is 5.91 Å². The van der Waals surface area contributed by atoms with Gasteiger partial charge in [-0.1, -0.05) is 0 Å². The number of piperidine rings is 1. The number of carbonyl (C=O) groups is 1. The minimum atomic E-state index is -3.67.